The molecule has 0 atom stereocenters. The van der Waals surface area contributed by atoms with Gasteiger partial charge in [0.25, 0.3) is 0 Å². The van der Waals surface area contributed by atoms with E-state index in [9.17, 15) is 4.79 Å². The average Bonchev–Trinajstić information content (AvgIpc) is 2.40. The number of halogens is 1. The SMILES string of the molecule is CCc1ccc(CC(=O)c2ccc(Cl)cn2)cc1. The number of ketones is 1. The molecule has 92 valence electrons. The molecule has 0 saturated heterocycles. The van der Waals surface area contributed by atoms with Crippen LogP contribution in [-0.2, 0) is 12.8 Å². The lowest BCUT2D eigenvalue weighted by Crippen LogP contribution is -2.05. The van der Waals surface area contributed by atoms with Crippen molar-refractivity contribution in [1.82, 2.24) is 4.98 Å². The van der Waals surface area contributed by atoms with Crippen LogP contribution >= 0.6 is 11.6 Å². The Kier molecular flexibility index (Phi) is 4.11. The molecule has 2 nitrogen and oxygen atoms in total. The van der Waals surface area contributed by atoms with Crippen molar-refractivity contribution in [3.63, 3.8) is 0 Å². The molecule has 0 aliphatic carbocycles. The maximum absolute atomic E-state index is 12.0. The van der Waals surface area contributed by atoms with Crippen LogP contribution in [0.5, 0.6) is 0 Å². The summed E-state index contributed by atoms with van der Waals surface area (Å²) in [5, 5.41) is 0.541. The van der Waals surface area contributed by atoms with E-state index >= 15 is 0 Å². The van der Waals surface area contributed by atoms with Gasteiger partial charge in [0.1, 0.15) is 5.69 Å². The van der Waals surface area contributed by atoms with Gasteiger partial charge in [-0.15, -0.1) is 0 Å². The smallest absolute Gasteiger partial charge is 0.185 e. The van der Waals surface area contributed by atoms with E-state index in [4.69, 9.17) is 11.6 Å². The van der Waals surface area contributed by atoms with Crippen molar-refractivity contribution in [2.75, 3.05) is 0 Å². The Morgan fingerprint density at radius 3 is 2.33 bits per heavy atom. The lowest BCUT2D eigenvalue weighted by molar-refractivity contribution is 0.0988. The van der Waals surface area contributed by atoms with Crippen LogP contribution < -0.4 is 0 Å². The molecule has 1 aromatic heterocycles. The first-order chi connectivity index (χ1) is 8.69. The zero-order chi connectivity index (χ0) is 13.0. The van der Waals surface area contributed by atoms with Crippen LogP contribution in [0.15, 0.2) is 42.6 Å². The Hall–Kier alpha value is -1.67. The highest BCUT2D eigenvalue weighted by molar-refractivity contribution is 6.30. The van der Waals surface area contributed by atoms with Crippen LogP contribution in [0.25, 0.3) is 0 Å². The fourth-order valence-electron chi connectivity index (χ4n) is 1.71. The van der Waals surface area contributed by atoms with E-state index in [0.717, 1.165) is 12.0 Å². The summed E-state index contributed by atoms with van der Waals surface area (Å²) in [4.78, 5) is 16.0. The van der Waals surface area contributed by atoms with Gasteiger partial charge in [-0.1, -0.05) is 42.8 Å². The molecule has 0 bridgehead atoms. The molecule has 0 saturated carbocycles. The quantitative estimate of drug-likeness (QED) is 0.784. The molecule has 0 radical (unpaired) electrons. The summed E-state index contributed by atoms with van der Waals surface area (Å²) in [7, 11) is 0. The molecule has 0 amide bonds. The van der Waals surface area contributed by atoms with Crippen LogP contribution in [0.3, 0.4) is 0 Å². The van der Waals surface area contributed by atoms with Crippen molar-refractivity contribution in [2.45, 2.75) is 19.8 Å². The number of benzene rings is 1. The third kappa shape index (κ3) is 3.17. The molecule has 1 aromatic carbocycles. The van der Waals surface area contributed by atoms with Crippen molar-refractivity contribution in [3.8, 4) is 0 Å². The molecule has 1 heterocycles. The van der Waals surface area contributed by atoms with Crippen LogP contribution in [0.1, 0.15) is 28.5 Å². The van der Waals surface area contributed by atoms with E-state index in [0.29, 0.717) is 17.1 Å². The van der Waals surface area contributed by atoms with Gasteiger partial charge in [-0.3, -0.25) is 9.78 Å². The molecule has 2 rings (SSSR count). The highest BCUT2D eigenvalue weighted by Gasteiger charge is 2.08. The zero-order valence-corrected chi connectivity index (χ0v) is 10.9. The second-order valence-corrected chi connectivity index (χ2v) is 4.57. The second-order valence-electron chi connectivity index (χ2n) is 4.13. The van der Waals surface area contributed by atoms with Gasteiger partial charge in [-0.2, -0.15) is 0 Å². The first-order valence-corrected chi connectivity index (χ1v) is 6.29. The van der Waals surface area contributed by atoms with E-state index in [1.165, 1.54) is 11.8 Å². The Balaban J connectivity index is 2.08. The maximum Gasteiger partial charge on any atom is 0.185 e. The van der Waals surface area contributed by atoms with Crippen molar-refractivity contribution >= 4 is 17.4 Å². The predicted molar refractivity (Wildman–Crippen MR) is 73.1 cm³/mol. The Morgan fingerprint density at radius 2 is 1.78 bits per heavy atom. The molecule has 18 heavy (non-hydrogen) atoms. The number of Topliss-reactive ketones (excluding diaryl/α,β-unsaturated/α-hetero) is 1. The number of hydrogen-bond donors (Lipinski definition) is 0. The molecule has 0 fully saturated rings. The number of pyridine rings is 1. The molecule has 0 spiro atoms. The predicted octanol–water partition coefficient (Wildman–Crippen LogP) is 3.72. The topological polar surface area (TPSA) is 30.0 Å². The van der Waals surface area contributed by atoms with Crippen molar-refractivity contribution in [1.29, 1.82) is 0 Å². The third-order valence-electron chi connectivity index (χ3n) is 2.81. The number of aryl methyl sites for hydroxylation is 1. The average molecular weight is 260 g/mol. The minimum atomic E-state index is 0.0101. The molecular weight excluding hydrogens is 246 g/mol. The second kappa shape index (κ2) is 5.78. The standard InChI is InChI=1S/C15H14ClNO/c1-2-11-3-5-12(6-4-11)9-15(18)14-8-7-13(16)10-17-14/h3-8,10H,2,9H2,1H3. The number of aromatic nitrogens is 1. The molecule has 2 aromatic rings. The van der Waals surface area contributed by atoms with Crippen LogP contribution in [0.2, 0.25) is 5.02 Å². The van der Waals surface area contributed by atoms with Gasteiger partial charge in [-0.05, 0) is 29.7 Å². The van der Waals surface area contributed by atoms with Gasteiger partial charge in [-0.25, -0.2) is 0 Å². The van der Waals surface area contributed by atoms with Crippen molar-refractivity contribution in [2.24, 2.45) is 0 Å². The first kappa shape index (κ1) is 12.8. The summed E-state index contributed by atoms with van der Waals surface area (Å²) >= 11 is 5.74. The Labute approximate surface area is 112 Å². The minimum Gasteiger partial charge on any atom is -0.292 e. The van der Waals surface area contributed by atoms with Crippen molar-refractivity contribution < 1.29 is 4.79 Å². The van der Waals surface area contributed by atoms with Crippen LogP contribution in [-0.4, -0.2) is 10.8 Å². The third-order valence-corrected chi connectivity index (χ3v) is 3.03. The molecule has 3 heteroatoms. The van der Waals surface area contributed by atoms with E-state index in [1.807, 2.05) is 12.1 Å². The van der Waals surface area contributed by atoms with Gasteiger partial charge in [0.05, 0.1) is 5.02 Å². The number of carbonyl (C=O) groups excluding carboxylic acids is 1. The molecule has 0 N–H and O–H groups in total. The maximum atomic E-state index is 12.0. The van der Waals surface area contributed by atoms with E-state index in [-0.39, 0.29) is 5.78 Å². The highest BCUT2D eigenvalue weighted by atomic mass is 35.5. The molecular formula is C15H14ClNO. The number of rotatable bonds is 4. The number of nitrogens with zero attached hydrogens (tertiary/aromatic N) is 1. The monoisotopic (exact) mass is 259 g/mol. The van der Waals surface area contributed by atoms with Gasteiger partial charge in [0.2, 0.25) is 0 Å². The van der Waals surface area contributed by atoms with Gasteiger partial charge >= 0.3 is 0 Å². The van der Waals surface area contributed by atoms with Gasteiger partial charge in [0.15, 0.2) is 5.78 Å². The summed E-state index contributed by atoms with van der Waals surface area (Å²) in [5.41, 5.74) is 2.74. The molecule has 0 unspecified atom stereocenters. The van der Waals surface area contributed by atoms with Crippen LogP contribution in [0.4, 0.5) is 0 Å². The van der Waals surface area contributed by atoms with Gasteiger partial charge in [0, 0.05) is 12.6 Å². The molecule has 0 aliphatic rings. The summed E-state index contributed by atoms with van der Waals surface area (Å²) < 4.78 is 0. The molecule has 0 aliphatic heterocycles. The number of carbonyl (C=O) groups is 1. The summed E-state index contributed by atoms with van der Waals surface area (Å²) in [5.74, 6) is 0.0101. The van der Waals surface area contributed by atoms with Gasteiger partial charge < -0.3 is 0 Å². The van der Waals surface area contributed by atoms with Crippen LogP contribution in [0, 0.1) is 0 Å². The highest BCUT2D eigenvalue weighted by Crippen LogP contribution is 2.11. The lowest BCUT2D eigenvalue weighted by Gasteiger charge is -2.02. The minimum absolute atomic E-state index is 0.0101. The Bertz CT molecular complexity index is 531. The van der Waals surface area contributed by atoms with Crippen molar-refractivity contribution in [3.05, 3.63) is 64.4 Å². The zero-order valence-electron chi connectivity index (χ0n) is 10.2. The fraction of sp³-hybridized carbons (Fsp3) is 0.200. The number of hydrogen-bond acceptors (Lipinski definition) is 2. The summed E-state index contributed by atoms with van der Waals surface area (Å²) in [6, 6.07) is 11.4. The van der Waals surface area contributed by atoms with E-state index < -0.39 is 0 Å². The Morgan fingerprint density at radius 1 is 1.11 bits per heavy atom. The fourth-order valence-corrected chi connectivity index (χ4v) is 1.82. The normalized spacial score (nSPS) is 10.3. The summed E-state index contributed by atoms with van der Waals surface area (Å²) in [6.45, 7) is 2.11. The summed E-state index contributed by atoms with van der Waals surface area (Å²) in [6.07, 6.45) is 2.88. The first-order valence-electron chi connectivity index (χ1n) is 5.91. The van der Waals surface area contributed by atoms with E-state index in [1.54, 1.807) is 12.1 Å². The van der Waals surface area contributed by atoms with E-state index in [2.05, 4.69) is 24.0 Å². The largest absolute Gasteiger partial charge is 0.292 e. The lowest BCUT2D eigenvalue weighted by atomic mass is 10.0.